The molecule has 2 atom stereocenters. The van der Waals surface area contributed by atoms with Crippen LogP contribution in [0.4, 0.5) is 0 Å². The molecule has 3 nitrogen and oxygen atoms in total. The highest BCUT2D eigenvalue weighted by molar-refractivity contribution is 4.81. The molecule has 0 aliphatic carbocycles. The highest BCUT2D eigenvalue weighted by Gasteiger charge is 2.31. The van der Waals surface area contributed by atoms with Gasteiger partial charge in [-0.2, -0.15) is 0 Å². The maximum Gasteiger partial charge on any atom is 0.104 e. The summed E-state index contributed by atoms with van der Waals surface area (Å²) in [6, 6.07) is 0. The zero-order valence-corrected chi connectivity index (χ0v) is 10.9. The van der Waals surface area contributed by atoms with Crippen LogP contribution in [0.3, 0.4) is 0 Å². The van der Waals surface area contributed by atoms with Crippen molar-refractivity contribution in [1.82, 2.24) is 0 Å². The number of ether oxygens (including phenoxy) is 2. The second-order valence-corrected chi connectivity index (χ2v) is 5.19. The van der Waals surface area contributed by atoms with Gasteiger partial charge >= 0.3 is 0 Å². The Balaban J connectivity index is 4.23. The van der Waals surface area contributed by atoms with Crippen molar-refractivity contribution in [2.75, 3.05) is 13.2 Å². The Hall–Kier alpha value is -0.120. The van der Waals surface area contributed by atoms with Gasteiger partial charge in [0.05, 0.1) is 18.8 Å². The topological polar surface area (TPSA) is 38.7 Å². The number of aliphatic hydroxyl groups excluding tert-OH is 1. The maximum atomic E-state index is 9.97. The van der Waals surface area contributed by atoms with E-state index in [1.54, 1.807) is 0 Å². The molecule has 0 spiro atoms. The molecule has 0 aliphatic rings. The summed E-state index contributed by atoms with van der Waals surface area (Å²) in [5.41, 5.74) is -0.0736. The number of aliphatic hydroxyl groups is 1. The predicted molar refractivity (Wildman–Crippen MR) is 62.0 cm³/mol. The summed E-state index contributed by atoms with van der Waals surface area (Å²) in [7, 11) is 0. The molecule has 0 aromatic heterocycles. The molecular formula is C12H26O3. The van der Waals surface area contributed by atoms with Crippen LogP contribution in [-0.4, -0.2) is 36.6 Å². The Labute approximate surface area is 93.8 Å². The van der Waals surface area contributed by atoms with Crippen LogP contribution in [0.2, 0.25) is 0 Å². The van der Waals surface area contributed by atoms with Gasteiger partial charge in [0.1, 0.15) is 6.10 Å². The molecule has 0 fully saturated rings. The van der Waals surface area contributed by atoms with Crippen LogP contribution in [0.1, 0.15) is 41.5 Å². The van der Waals surface area contributed by atoms with Crippen molar-refractivity contribution in [2.45, 2.75) is 59.9 Å². The lowest BCUT2D eigenvalue weighted by molar-refractivity contribution is -0.118. The van der Waals surface area contributed by atoms with Crippen LogP contribution in [0.25, 0.3) is 0 Å². The molecule has 0 amide bonds. The monoisotopic (exact) mass is 218 g/mol. The Morgan fingerprint density at radius 3 is 2.00 bits per heavy atom. The summed E-state index contributed by atoms with van der Waals surface area (Å²) in [4.78, 5) is 0. The zero-order chi connectivity index (χ0) is 12.1. The minimum Gasteiger partial charge on any atom is -0.388 e. The molecular weight excluding hydrogens is 192 g/mol. The van der Waals surface area contributed by atoms with Crippen molar-refractivity contribution in [1.29, 1.82) is 0 Å². The molecule has 0 aliphatic heterocycles. The van der Waals surface area contributed by atoms with E-state index in [0.29, 0.717) is 13.2 Å². The summed E-state index contributed by atoms with van der Waals surface area (Å²) in [6.07, 6.45) is -0.601. The third-order valence-corrected chi connectivity index (χ3v) is 2.15. The summed E-state index contributed by atoms with van der Waals surface area (Å²) in [5, 5.41) is 9.97. The quantitative estimate of drug-likeness (QED) is 0.743. The molecule has 0 saturated carbocycles. The van der Waals surface area contributed by atoms with Gasteiger partial charge in [0, 0.05) is 6.61 Å². The van der Waals surface area contributed by atoms with Crippen molar-refractivity contribution in [3.63, 3.8) is 0 Å². The van der Waals surface area contributed by atoms with Gasteiger partial charge in [-0.15, -0.1) is 0 Å². The highest BCUT2D eigenvalue weighted by Crippen LogP contribution is 2.25. The molecule has 92 valence electrons. The molecule has 2 unspecified atom stereocenters. The minimum atomic E-state index is -0.563. The van der Waals surface area contributed by atoms with Crippen LogP contribution in [-0.2, 0) is 9.47 Å². The second kappa shape index (κ2) is 6.46. The van der Waals surface area contributed by atoms with E-state index in [2.05, 4.69) is 20.8 Å². The van der Waals surface area contributed by atoms with Gasteiger partial charge in [0.25, 0.3) is 0 Å². The minimum absolute atomic E-state index is 0.0736. The molecule has 0 rings (SSSR count). The Bertz CT molecular complexity index is 161. The lowest BCUT2D eigenvalue weighted by Gasteiger charge is -2.34. The first-order valence-corrected chi connectivity index (χ1v) is 5.70. The summed E-state index contributed by atoms with van der Waals surface area (Å²) in [5.74, 6) is 0. The zero-order valence-electron chi connectivity index (χ0n) is 10.9. The third kappa shape index (κ3) is 6.13. The smallest absolute Gasteiger partial charge is 0.104 e. The van der Waals surface area contributed by atoms with E-state index in [0.717, 1.165) is 0 Å². The van der Waals surface area contributed by atoms with Gasteiger partial charge in [-0.25, -0.2) is 0 Å². The van der Waals surface area contributed by atoms with Crippen molar-refractivity contribution >= 4 is 0 Å². The predicted octanol–water partition coefficient (Wildman–Crippen LogP) is 2.22. The Kier molecular flexibility index (Phi) is 6.41. The number of hydrogen-bond acceptors (Lipinski definition) is 3. The van der Waals surface area contributed by atoms with Crippen LogP contribution >= 0.6 is 0 Å². The lowest BCUT2D eigenvalue weighted by atomic mass is 9.86. The first-order valence-electron chi connectivity index (χ1n) is 5.70. The molecule has 15 heavy (non-hydrogen) atoms. The van der Waals surface area contributed by atoms with E-state index in [-0.39, 0.29) is 17.6 Å². The second-order valence-electron chi connectivity index (χ2n) is 5.19. The SMILES string of the molecule is CCOC(C(O)COC(C)C)C(C)(C)C. The average molecular weight is 218 g/mol. The maximum absolute atomic E-state index is 9.97. The van der Waals surface area contributed by atoms with Gasteiger partial charge in [-0.05, 0) is 26.2 Å². The van der Waals surface area contributed by atoms with E-state index >= 15 is 0 Å². The van der Waals surface area contributed by atoms with Crippen LogP contribution in [0.15, 0.2) is 0 Å². The molecule has 0 heterocycles. The fourth-order valence-corrected chi connectivity index (χ4v) is 1.50. The number of rotatable bonds is 6. The molecule has 0 bridgehead atoms. The normalized spacial score (nSPS) is 16.8. The van der Waals surface area contributed by atoms with Crippen molar-refractivity contribution in [3.8, 4) is 0 Å². The fraction of sp³-hybridized carbons (Fsp3) is 1.00. The summed E-state index contributed by atoms with van der Waals surface area (Å²) >= 11 is 0. The van der Waals surface area contributed by atoms with Crippen LogP contribution in [0, 0.1) is 5.41 Å². The molecule has 0 radical (unpaired) electrons. The van der Waals surface area contributed by atoms with Gasteiger partial charge in [0.2, 0.25) is 0 Å². The third-order valence-electron chi connectivity index (χ3n) is 2.15. The molecule has 0 saturated heterocycles. The number of hydrogen-bond donors (Lipinski definition) is 1. The first-order chi connectivity index (χ1) is 6.79. The van der Waals surface area contributed by atoms with E-state index in [4.69, 9.17) is 9.47 Å². The van der Waals surface area contributed by atoms with Crippen molar-refractivity contribution < 1.29 is 14.6 Å². The van der Waals surface area contributed by atoms with Crippen molar-refractivity contribution in [3.05, 3.63) is 0 Å². The first kappa shape index (κ1) is 14.9. The largest absolute Gasteiger partial charge is 0.388 e. The van der Waals surface area contributed by atoms with Crippen LogP contribution < -0.4 is 0 Å². The average Bonchev–Trinajstić information content (AvgIpc) is 2.08. The molecule has 3 heteroatoms. The fourth-order valence-electron chi connectivity index (χ4n) is 1.50. The molecule has 1 N–H and O–H groups in total. The Morgan fingerprint density at radius 1 is 1.13 bits per heavy atom. The van der Waals surface area contributed by atoms with Crippen molar-refractivity contribution in [2.24, 2.45) is 5.41 Å². The standard InChI is InChI=1S/C12H26O3/c1-7-14-11(12(4,5)6)10(13)8-15-9(2)3/h9-11,13H,7-8H2,1-6H3. The van der Waals surface area contributed by atoms with E-state index < -0.39 is 6.10 Å². The highest BCUT2D eigenvalue weighted by atomic mass is 16.5. The van der Waals surface area contributed by atoms with Gasteiger partial charge < -0.3 is 14.6 Å². The van der Waals surface area contributed by atoms with Gasteiger partial charge in [-0.1, -0.05) is 20.8 Å². The molecule has 0 aromatic rings. The molecule has 0 aromatic carbocycles. The van der Waals surface area contributed by atoms with Gasteiger partial charge in [0.15, 0.2) is 0 Å². The summed E-state index contributed by atoms with van der Waals surface area (Å²) < 4.78 is 11.0. The summed E-state index contributed by atoms with van der Waals surface area (Å²) in [6.45, 7) is 13.0. The van der Waals surface area contributed by atoms with Crippen LogP contribution in [0.5, 0.6) is 0 Å². The Morgan fingerprint density at radius 2 is 1.67 bits per heavy atom. The van der Waals surface area contributed by atoms with E-state index in [9.17, 15) is 5.11 Å². The lowest BCUT2D eigenvalue weighted by Crippen LogP contribution is -2.43. The van der Waals surface area contributed by atoms with E-state index in [1.165, 1.54) is 0 Å². The van der Waals surface area contributed by atoms with Gasteiger partial charge in [-0.3, -0.25) is 0 Å². The van der Waals surface area contributed by atoms with E-state index in [1.807, 2.05) is 20.8 Å².